The van der Waals surface area contributed by atoms with Gasteiger partial charge in [-0.1, -0.05) is 41.4 Å². The number of ketones is 1. The van der Waals surface area contributed by atoms with E-state index in [9.17, 15) is 9.18 Å². The van der Waals surface area contributed by atoms with Gasteiger partial charge in [-0.15, -0.1) is 0 Å². The zero-order valence-electron chi connectivity index (χ0n) is 10.2. The van der Waals surface area contributed by atoms with Gasteiger partial charge in [-0.3, -0.25) is 4.79 Å². The molecule has 98 valence electrons. The first-order valence-electron chi connectivity index (χ1n) is 5.71. The number of hydrogen-bond donors (Lipinski definition) is 0. The predicted octanol–water partition coefficient (Wildman–Crippen LogP) is 4.87. The molecule has 0 bridgehead atoms. The van der Waals surface area contributed by atoms with Gasteiger partial charge in [0, 0.05) is 16.5 Å². The molecule has 0 spiro atoms. The summed E-state index contributed by atoms with van der Waals surface area (Å²) in [6.45, 7) is 1.63. The molecule has 0 aliphatic rings. The topological polar surface area (TPSA) is 17.1 Å². The SMILES string of the molecule is Cc1cccc(C(=O)Cc2ccc(Cl)cc2Cl)c1F. The molecule has 19 heavy (non-hydrogen) atoms. The van der Waals surface area contributed by atoms with Crippen molar-refractivity contribution in [3.05, 3.63) is 69.0 Å². The van der Waals surface area contributed by atoms with Crippen LogP contribution in [0.25, 0.3) is 0 Å². The van der Waals surface area contributed by atoms with Crippen molar-refractivity contribution in [3.63, 3.8) is 0 Å². The fraction of sp³-hybridized carbons (Fsp3) is 0.133. The van der Waals surface area contributed by atoms with E-state index < -0.39 is 5.82 Å². The van der Waals surface area contributed by atoms with Crippen molar-refractivity contribution in [2.45, 2.75) is 13.3 Å². The second kappa shape index (κ2) is 5.72. The minimum Gasteiger partial charge on any atom is -0.294 e. The molecule has 2 rings (SSSR count). The van der Waals surface area contributed by atoms with Crippen LogP contribution >= 0.6 is 23.2 Å². The van der Waals surface area contributed by atoms with Crippen LogP contribution in [0.3, 0.4) is 0 Å². The van der Waals surface area contributed by atoms with Gasteiger partial charge in [-0.05, 0) is 36.2 Å². The second-order valence-corrected chi connectivity index (χ2v) is 5.12. The van der Waals surface area contributed by atoms with E-state index in [1.807, 2.05) is 0 Å². The van der Waals surface area contributed by atoms with Crippen LogP contribution in [0.15, 0.2) is 36.4 Å². The highest BCUT2D eigenvalue weighted by Gasteiger charge is 2.15. The van der Waals surface area contributed by atoms with Crippen molar-refractivity contribution in [2.75, 3.05) is 0 Å². The molecule has 0 aromatic heterocycles. The Hall–Kier alpha value is -1.38. The molecular weight excluding hydrogens is 286 g/mol. The number of hydrogen-bond acceptors (Lipinski definition) is 1. The van der Waals surface area contributed by atoms with Crippen LogP contribution in [-0.4, -0.2) is 5.78 Å². The number of rotatable bonds is 3. The fourth-order valence-corrected chi connectivity index (χ4v) is 2.27. The van der Waals surface area contributed by atoms with E-state index in [1.54, 1.807) is 37.3 Å². The summed E-state index contributed by atoms with van der Waals surface area (Å²) in [5.41, 5.74) is 1.18. The molecule has 0 aliphatic heterocycles. The molecule has 2 aromatic rings. The largest absolute Gasteiger partial charge is 0.294 e. The van der Waals surface area contributed by atoms with Gasteiger partial charge in [0.2, 0.25) is 0 Å². The third-order valence-electron chi connectivity index (χ3n) is 2.86. The molecule has 0 atom stereocenters. The zero-order chi connectivity index (χ0) is 14.0. The molecule has 2 aromatic carbocycles. The summed E-state index contributed by atoms with van der Waals surface area (Å²) in [4.78, 5) is 12.1. The third kappa shape index (κ3) is 3.14. The van der Waals surface area contributed by atoms with E-state index in [0.29, 0.717) is 21.2 Å². The Morgan fingerprint density at radius 1 is 1.21 bits per heavy atom. The zero-order valence-corrected chi connectivity index (χ0v) is 11.7. The van der Waals surface area contributed by atoms with E-state index in [2.05, 4.69) is 0 Å². The molecule has 1 nitrogen and oxygen atoms in total. The molecule has 0 radical (unpaired) electrons. The van der Waals surface area contributed by atoms with E-state index in [4.69, 9.17) is 23.2 Å². The summed E-state index contributed by atoms with van der Waals surface area (Å²) in [6.07, 6.45) is 0.0520. The number of halogens is 3. The molecule has 4 heteroatoms. The molecule has 0 unspecified atom stereocenters. The van der Waals surface area contributed by atoms with Gasteiger partial charge < -0.3 is 0 Å². The van der Waals surface area contributed by atoms with Crippen LogP contribution in [0.4, 0.5) is 4.39 Å². The van der Waals surface area contributed by atoms with Crippen molar-refractivity contribution < 1.29 is 9.18 Å². The van der Waals surface area contributed by atoms with Crippen molar-refractivity contribution in [2.24, 2.45) is 0 Å². The summed E-state index contributed by atoms with van der Waals surface area (Å²) in [5.74, 6) is -0.775. The first-order valence-corrected chi connectivity index (χ1v) is 6.47. The fourth-order valence-electron chi connectivity index (χ4n) is 1.80. The van der Waals surface area contributed by atoms with E-state index in [0.717, 1.165) is 0 Å². The summed E-state index contributed by atoms with van der Waals surface area (Å²) in [7, 11) is 0. The lowest BCUT2D eigenvalue weighted by molar-refractivity contribution is 0.0989. The first kappa shape index (κ1) is 14.0. The number of carbonyl (C=O) groups excluding carboxylic acids is 1. The summed E-state index contributed by atoms with van der Waals surface area (Å²) < 4.78 is 13.8. The van der Waals surface area contributed by atoms with Gasteiger partial charge >= 0.3 is 0 Å². The minimum absolute atomic E-state index is 0.0520. The monoisotopic (exact) mass is 296 g/mol. The Balaban J connectivity index is 2.28. The van der Waals surface area contributed by atoms with Crippen LogP contribution in [-0.2, 0) is 6.42 Å². The number of benzene rings is 2. The van der Waals surface area contributed by atoms with Crippen LogP contribution in [0.5, 0.6) is 0 Å². The maximum atomic E-state index is 13.8. The molecule has 0 N–H and O–H groups in total. The lowest BCUT2D eigenvalue weighted by Crippen LogP contribution is -2.07. The quantitative estimate of drug-likeness (QED) is 0.739. The van der Waals surface area contributed by atoms with Gasteiger partial charge in [-0.2, -0.15) is 0 Å². The molecule has 0 fully saturated rings. The Kier molecular flexibility index (Phi) is 4.23. The lowest BCUT2D eigenvalue weighted by Gasteiger charge is -2.06. The van der Waals surface area contributed by atoms with Gasteiger partial charge in [0.05, 0.1) is 5.56 Å². The summed E-state index contributed by atoms with van der Waals surface area (Å²) in [6, 6.07) is 9.67. The van der Waals surface area contributed by atoms with Crippen LogP contribution in [0.2, 0.25) is 10.0 Å². The van der Waals surface area contributed by atoms with E-state index in [-0.39, 0.29) is 17.8 Å². The smallest absolute Gasteiger partial charge is 0.170 e. The Morgan fingerprint density at radius 3 is 2.63 bits per heavy atom. The van der Waals surface area contributed by atoms with E-state index >= 15 is 0 Å². The van der Waals surface area contributed by atoms with Crippen molar-refractivity contribution in [1.82, 2.24) is 0 Å². The maximum absolute atomic E-state index is 13.8. The Labute approximate surface area is 121 Å². The molecule has 0 aliphatic carbocycles. The number of aryl methyl sites for hydroxylation is 1. The van der Waals surface area contributed by atoms with Gasteiger partial charge in [0.25, 0.3) is 0 Å². The predicted molar refractivity (Wildman–Crippen MR) is 75.6 cm³/mol. The van der Waals surface area contributed by atoms with Gasteiger partial charge in [0.1, 0.15) is 5.82 Å². The highest BCUT2D eigenvalue weighted by molar-refractivity contribution is 6.35. The van der Waals surface area contributed by atoms with Crippen molar-refractivity contribution >= 4 is 29.0 Å². The average molecular weight is 297 g/mol. The molecule has 0 saturated heterocycles. The number of Topliss-reactive ketones (excluding diaryl/α,β-unsaturated/α-hetero) is 1. The highest BCUT2D eigenvalue weighted by Crippen LogP contribution is 2.23. The highest BCUT2D eigenvalue weighted by atomic mass is 35.5. The molecule has 0 amide bonds. The van der Waals surface area contributed by atoms with Crippen LogP contribution < -0.4 is 0 Å². The number of carbonyl (C=O) groups is 1. The molecular formula is C15H11Cl2FO. The van der Waals surface area contributed by atoms with E-state index in [1.165, 1.54) is 6.07 Å². The average Bonchev–Trinajstić information content (AvgIpc) is 2.36. The van der Waals surface area contributed by atoms with Crippen molar-refractivity contribution in [3.8, 4) is 0 Å². The summed E-state index contributed by atoms with van der Waals surface area (Å²) >= 11 is 11.8. The van der Waals surface area contributed by atoms with Gasteiger partial charge in [0.15, 0.2) is 5.78 Å². The Bertz CT molecular complexity index is 638. The standard InChI is InChI=1S/C15H11Cl2FO/c1-9-3-2-4-12(15(9)18)14(19)7-10-5-6-11(16)8-13(10)17/h2-6,8H,7H2,1H3. The lowest BCUT2D eigenvalue weighted by atomic mass is 10.0. The normalized spacial score (nSPS) is 10.5. The first-order chi connectivity index (χ1) is 8.99. The molecule has 0 heterocycles. The molecule has 0 saturated carbocycles. The Morgan fingerprint density at radius 2 is 1.95 bits per heavy atom. The van der Waals surface area contributed by atoms with Crippen LogP contribution in [0, 0.1) is 12.7 Å². The minimum atomic E-state index is -0.474. The maximum Gasteiger partial charge on any atom is 0.170 e. The van der Waals surface area contributed by atoms with Crippen molar-refractivity contribution in [1.29, 1.82) is 0 Å². The van der Waals surface area contributed by atoms with Crippen LogP contribution in [0.1, 0.15) is 21.5 Å². The second-order valence-electron chi connectivity index (χ2n) is 4.27. The summed E-state index contributed by atoms with van der Waals surface area (Å²) in [5, 5.41) is 0.914. The third-order valence-corrected chi connectivity index (χ3v) is 3.45. The van der Waals surface area contributed by atoms with Gasteiger partial charge in [-0.25, -0.2) is 4.39 Å².